The molecule has 0 saturated carbocycles. The number of imidazole rings is 1. The molecule has 1 radical (unpaired) electrons. The third-order valence-corrected chi connectivity index (χ3v) is 1.10. The van der Waals surface area contributed by atoms with E-state index in [2.05, 4.69) is 20.0 Å². The summed E-state index contributed by atoms with van der Waals surface area (Å²) >= 11 is 0. The number of aromatic nitrogens is 2. The Morgan fingerprint density at radius 2 is 2.56 bits per heavy atom. The van der Waals surface area contributed by atoms with Crippen LogP contribution in [0.3, 0.4) is 0 Å². The smallest absolute Gasteiger partial charge is 0.329 e. The van der Waals surface area contributed by atoms with Crippen LogP contribution in [-0.2, 0) is 0 Å². The lowest BCUT2D eigenvalue weighted by Crippen LogP contribution is -2.28. The lowest BCUT2D eigenvalue weighted by molar-refractivity contribution is 1.18. The highest BCUT2D eigenvalue weighted by atomic mass is 15.0. The van der Waals surface area contributed by atoms with E-state index in [1.54, 1.807) is 12.5 Å². The van der Waals surface area contributed by atoms with E-state index in [-0.39, 0.29) is 0 Å². The van der Waals surface area contributed by atoms with E-state index >= 15 is 0 Å². The van der Waals surface area contributed by atoms with E-state index in [4.69, 9.17) is 0 Å². The number of hydrogen-bond donors (Lipinski definition) is 1. The van der Waals surface area contributed by atoms with Gasteiger partial charge in [-0.15, -0.1) is 0 Å². The molecule has 1 aromatic heterocycles. The van der Waals surface area contributed by atoms with Gasteiger partial charge in [-0.3, -0.25) is 0 Å². The Morgan fingerprint density at radius 3 is 3.44 bits per heavy atom. The molecule has 0 aliphatic carbocycles. The number of rotatable bonds is 0. The third-order valence-electron chi connectivity index (χ3n) is 1.10. The molecule has 43 valence electrons. The second-order valence-electron chi connectivity index (χ2n) is 1.66. The Balaban J connectivity index is 2.99. The van der Waals surface area contributed by atoms with E-state index in [0.717, 1.165) is 5.35 Å². The van der Waals surface area contributed by atoms with Gasteiger partial charge in [0.1, 0.15) is 0 Å². The van der Waals surface area contributed by atoms with Gasteiger partial charge in [-0.1, -0.05) is 4.99 Å². The van der Waals surface area contributed by atoms with Crippen LogP contribution in [0, 0.1) is 0 Å². The molecule has 0 bridgehead atoms. The van der Waals surface area contributed by atoms with Crippen LogP contribution in [0.25, 0.3) is 6.20 Å². The van der Waals surface area contributed by atoms with E-state index in [0.29, 0.717) is 5.49 Å². The topological polar surface area (TPSA) is 55.1 Å². The van der Waals surface area contributed by atoms with Crippen LogP contribution in [-0.4, -0.2) is 16.3 Å². The predicted molar refractivity (Wildman–Crippen MR) is 32.0 cm³/mol. The number of hydrogen-bond acceptors (Lipinski definition) is 3. The highest BCUT2D eigenvalue weighted by molar-refractivity contribution is 5.58. The number of aromatic amines is 1. The first-order chi connectivity index (χ1) is 4.47. The van der Waals surface area contributed by atoms with Gasteiger partial charge in [0.05, 0.1) is 6.33 Å². The third kappa shape index (κ3) is 0.561. The molecule has 4 nitrogen and oxygen atoms in total. The minimum Gasteiger partial charge on any atom is -0.338 e. The monoisotopic (exact) mass is 120 g/mol. The van der Waals surface area contributed by atoms with Gasteiger partial charge in [0.15, 0.2) is 11.5 Å². The molecular formula is C5H4N4+. The summed E-state index contributed by atoms with van der Waals surface area (Å²) in [6, 6.07) is 0. The van der Waals surface area contributed by atoms with Crippen LogP contribution in [0.4, 0.5) is 0 Å². The van der Waals surface area contributed by atoms with Gasteiger partial charge in [0, 0.05) is 0 Å². The minimum absolute atomic E-state index is 0.713. The summed E-state index contributed by atoms with van der Waals surface area (Å²) in [7, 11) is 0. The van der Waals surface area contributed by atoms with Gasteiger partial charge < -0.3 is 4.98 Å². The van der Waals surface area contributed by atoms with Crippen LogP contribution in [0.2, 0.25) is 0 Å². The van der Waals surface area contributed by atoms with Gasteiger partial charge in [0.25, 0.3) is 5.49 Å². The summed E-state index contributed by atoms with van der Waals surface area (Å²) in [5.74, 6) is 0. The van der Waals surface area contributed by atoms with Crippen LogP contribution >= 0.6 is 0 Å². The SMILES string of the molecule is C1=[N+]C=c2[nH]cnc2=N1. The maximum Gasteiger partial charge on any atom is 0.329 e. The summed E-state index contributed by atoms with van der Waals surface area (Å²) < 4.78 is 0. The van der Waals surface area contributed by atoms with Gasteiger partial charge in [-0.05, 0) is 4.99 Å². The average Bonchev–Trinajstić information content (AvgIpc) is 2.33. The van der Waals surface area contributed by atoms with Crippen molar-refractivity contribution in [1.82, 2.24) is 15.0 Å². The highest BCUT2D eigenvalue weighted by Crippen LogP contribution is 1.59. The van der Waals surface area contributed by atoms with Crippen molar-refractivity contribution in [2.24, 2.45) is 4.99 Å². The Bertz CT molecular complexity index is 313. The largest absolute Gasteiger partial charge is 0.338 e. The second kappa shape index (κ2) is 1.51. The van der Waals surface area contributed by atoms with Gasteiger partial charge >= 0.3 is 6.34 Å². The molecule has 4 heteroatoms. The quantitative estimate of drug-likeness (QED) is 0.429. The molecule has 1 aliphatic rings. The standard InChI is InChI=1S/C5H4N4/c1-4-5(8-2-6-1)9-3-7-4/h1-3H,(H,7,8,9)/q+1. The van der Waals surface area contributed by atoms with E-state index < -0.39 is 0 Å². The maximum atomic E-state index is 3.91. The minimum atomic E-state index is 0.713. The molecule has 0 atom stereocenters. The molecule has 0 spiro atoms. The second-order valence-corrected chi connectivity index (χ2v) is 1.66. The van der Waals surface area contributed by atoms with Gasteiger partial charge in [-0.2, -0.15) is 4.98 Å². The first-order valence-corrected chi connectivity index (χ1v) is 2.56. The molecule has 0 amide bonds. The van der Waals surface area contributed by atoms with Crippen LogP contribution < -0.4 is 15.8 Å². The molecule has 1 N–H and O–H groups in total. The van der Waals surface area contributed by atoms with Crippen molar-refractivity contribution < 1.29 is 0 Å². The number of nitrogens with zero attached hydrogens (tertiary/aromatic N) is 3. The molecule has 9 heavy (non-hydrogen) atoms. The molecule has 2 heterocycles. The van der Waals surface area contributed by atoms with Crippen molar-refractivity contribution >= 4 is 12.5 Å². The highest BCUT2D eigenvalue weighted by Gasteiger charge is 1.98. The summed E-state index contributed by atoms with van der Waals surface area (Å²) in [5, 5.41) is 0.873. The van der Waals surface area contributed by atoms with Gasteiger partial charge in [0.2, 0.25) is 0 Å². The van der Waals surface area contributed by atoms with E-state index in [9.17, 15) is 0 Å². The van der Waals surface area contributed by atoms with Crippen molar-refractivity contribution in [3.63, 3.8) is 0 Å². The van der Waals surface area contributed by atoms with E-state index in [1.165, 1.54) is 6.34 Å². The van der Waals surface area contributed by atoms with Crippen molar-refractivity contribution in [2.75, 3.05) is 0 Å². The number of fused-ring (bicyclic) bond motifs is 1. The Hall–Kier alpha value is -1.45. The molecule has 0 aromatic carbocycles. The Morgan fingerprint density at radius 1 is 1.56 bits per heavy atom. The molecule has 0 saturated heterocycles. The number of H-pyrrole nitrogens is 1. The Kier molecular flexibility index (Phi) is 0.745. The number of aliphatic imine (C=N–C) groups is 1. The maximum absolute atomic E-state index is 3.91. The lowest BCUT2D eigenvalue weighted by atomic mass is 10.6. The zero-order valence-corrected chi connectivity index (χ0v) is 4.57. The summed E-state index contributed by atoms with van der Waals surface area (Å²) in [5.41, 5.74) is 0.713. The van der Waals surface area contributed by atoms with E-state index in [1.807, 2.05) is 0 Å². The molecule has 1 aromatic rings. The average molecular weight is 120 g/mol. The number of nitrogens with one attached hydrogen (secondary N) is 1. The van der Waals surface area contributed by atoms with Crippen LogP contribution in [0.1, 0.15) is 0 Å². The predicted octanol–water partition coefficient (Wildman–Crippen LogP) is -1.85. The molecule has 0 unspecified atom stereocenters. The van der Waals surface area contributed by atoms with Crippen molar-refractivity contribution in [2.45, 2.75) is 0 Å². The molecular weight excluding hydrogens is 116 g/mol. The Labute approximate surface area is 50.7 Å². The lowest BCUT2D eigenvalue weighted by Gasteiger charge is -1.67. The zero-order valence-electron chi connectivity index (χ0n) is 4.57. The normalized spacial score (nSPS) is 13.8. The van der Waals surface area contributed by atoms with Crippen molar-refractivity contribution in [3.05, 3.63) is 17.2 Å². The summed E-state index contributed by atoms with van der Waals surface area (Å²) in [6.45, 7) is 0. The molecule has 1 aliphatic heterocycles. The first-order valence-electron chi connectivity index (χ1n) is 2.56. The van der Waals surface area contributed by atoms with Crippen LogP contribution in [0.15, 0.2) is 11.3 Å². The fourth-order valence-corrected chi connectivity index (χ4v) is 0.691. The van der Waals surface area contributed by atoms with Gasteiger partial charge in [-0.25, -0.2) is 0 Å². The fourth-order valence-electron chi connectivity index (χ4n) is 0.691. The van der Waals surface area contributed by atoms with Crippen molar-refractivity contribution in [1.29, 1.82) is 0 Å². The fraction of sp³-hybridized carbons (Fsp3) is 0. The molecule has 0 fully saturated rings. The summed E-state index contributed by atoms with van der Waals surface area (Å²) in [4.78, 5) is 14.5. The molecule has 2 rings (SSSR count). The zero-order chi connectivity index (χ0) is 6.10. The summed E-state index contributed by atoms with van der Waals surface area (Å²) in [6.07, 6.45) is 4.76. The van der Waals surface area contributed by atoms with Crippen LogP contribution in [0.5, 0.6) is 0 Å². The first kappa shape index (κ1) is 4.43. The van der Waals surface area contributed by atoms with Crippen molar-refractivity contribution in [3.8, 4) is 0 Å².